The molecule has 0 spiro atoms. The van der Waals surface area contributed by atoms with Crippen LogP contribution in [0.5, 0.6) is 5.75 Å². The van der Waals surface area contributed by atoms with Gasteiger partial charge < -0.3 is 4.74 Å². The van der Waals surface area contributed by atoms with Crippen LogP contribution in [0.1, 0.15) is 15.9 Å². The van der Waals surface area contributed by atoms with Crippen molar-refractivity contribution in [2.75, 3.05) is 7.11 Å². The Morgan fingerprint density at radius 2 is 2.05 bits per heavy atom. The smallest absolute Gasteiger partial charge is 0.497 e. The van der Waals surface area contributed by atoms with E-state index in [1.54, 1.807) is 37.9 Å². The van der Waals surface area contributed by atoms with Crippen molar-refractivity contribution < 1.29 is 29.0 Å². The molecule has 2 rings (SSSR count). The first-order valence-electron chi connectivity index (χ1n) is 5.67. The van der Waals surface area contributed by atoms with Crippen molar-refractivity contribution in [2.24, 2.45) is 5.10 Å². The first-order valence-corrected chi connectivity index (χ1v) is 5.67. The third-order valence-electron chi connectivity index (χ3n) is 2.42. The average Bonchev–Trinajstić information content (AvgIpc) is 2.48. The van der Waals surface area contributed by atoms with Crippen LogP contribution in [-0.2, 0) is 19.5 Å². The van der Waals surface area contributed by atoms with Crippen LogP contribution < -0.4 is 10.2 Å². The minimum atomic E-state index is -0.276. The summed E-state index contributed by atoms with van der Waals surface area (Å²) >= 11 is 0. The molecular weight excluding hydrogens is 308 g/mol. The maximum absolute atomic E-state index is 11.7. The summed E-state index contributed by atoms with van der Waals surface area (Å²) in [6, 6.07) is 10.6. The number of nitrogens with one attached hydrogen (secondary N) is 1. The predicted octanol–water partition coefficient (Wildman–Crippen LogP) is 1.85. The summed E-state index contributed by atoms with van der Waals surface area (Å²) in [6.45, 7) is 0. The number of hydrogen-bond donors (Lipinski definition) is 1. The van der Waals surface area contributed by atoms with Crippen molar-refractivity contribution in [3.05, 3.63) is 59.9 Å². The number of rotatable bonds is 4. The van der Waals surface area contributed by atoms with Crippen molar-refractivity contribution in [3.8, 4) is 5.75 Å². The summed E-state index contributed by atoms with van der Waals surface area (Å²) in [4.78, 5) is 15.5. The zero-order valence-corrected chi connectivity index (χ0v) is 14.1. The zero-order chi connectivity index (χ0) is 13.5. The van der Waals surface area contributed by atoms with Crippen molar-refractivity contribution in [3.63, 3.8) is 0 Å². The number of aromatic nitrogens is 1. The van der Waals surface area contributed by atoms with Gasteiger partial charge in [0.2, 0.25) is 0 Å². The molecule has 1 N–H and O–H groups in total. The average molecular weight is 321 g/mol. The van der Waals surface area contributed by atoms with Crippen LogP contribution in [0.15, 0.2) is 53.9 Å². The van der Waals surface area contributed by atoms with E-state index in [9.17, 15) is 4.79 Å². The van der Waals surface area contributed by atoms with E-state index in [0.717, 1.165) is 11.3 Å². The summed E-state index contributed by atoms with van der Waals surface area (Å²) in [5.41, 5.74) is 3.80. The molecule has 0 bridgehead atoms. The van der Waals surface area contributed by atoms with Crippen molar-refractivity contribution in [1.29, 1.82) is 0 Å². The maximum Gasteiger partial charge on any atom is 2.00 e. The molecule has 1 aromatic carbocycles. The van der Waals surface area contributed by atoms with Crippen molar-refractivity contribution in [1.82, 2.24) is 10.4 Å². The number of ether oxygens (including phenoxy) is 1. The normalized spacial score (nSPS) is 9.85. The number of pyridine rings is 1. The summed E-state index contributed by atoms with van der Waals surface area (Å²) < 4.78 is 5.10. The minimum absolute atomic E-state index is 0. The van der Waals surface area contributed by atoms with E-state index in [1.807, 2.05) is 24.3 Å². The Morgan fingerprint density at radius 3 is 2.75 bits per heavy atom. The molecule has 5 nitrogen and oxygen atoms in total. The van der Waals surface area contributed by atoms with Gasteiger partial charge in [-0.1, -0.05) is 12.1 Å². The second-order valence-electron chi connectivity index (χ2n) is 3.71. The van der Waals surface area contributed by atoms with Gasteiger partial charge in [-0.05, 0) is 29.8 Å². The first kappa shape index (κ1) is 16.0. The maximum atomic E-state index is 11.7. The first-order chi connectivity index (χ1) is 9.29. The van der Waals surface area contributed by atoms with Gasteiger partial charge in [0.25, 0.3) is 5.91 Å². The molecule has 1 heterocycles. The number of nitrogens with zero attached hydrogens (tertiary/aromatic N) is 2. The number of carbonyl (C=O) groups excluding carboxylic acids is 1. The summed E-state index contributed by atoms with van der Waals surface area (Å²) in [5, 5.41) is 3.89. The van der Waals surface area contributed by atoms with E-state index in [-0.39, 0.29) is 25.4 Å². The molecule has 0 aliphatic carbocycles. The molecule has 0 aliphatic heterocycles. The Hall–Kier alpha value is -2.07. The van der Waals surface area contributed by atoms with Crippen LogP contribution in [0.25, 0.3) is 0 Å². The summed E-state index contributed by atoms with van der Waals surface area (Å²) in [5.74, 6) is 0.464. The molecular formula is C14H13N3O2Zn+2. The molecule has 0 unspecified atom stereocenters. The van der Waals surface area contributed by atoms with Gasteiger partial charge in [-0.2, -0.15) is 5.10 Å². The fourth-order valence-electron chi connectivity index (χ4n) is 1.46. The second-order valence-corrected chi connectivity index (χ2v) is 3.71. The monoisotopic (exact) mass is 319 g/mol. The van der Waals surface area contributed by atoms with E-state index < -0.39 is 0 Å². The largest absolute Gasteiger partial charge is 2.00 e. The number of methoxy groups -OCH3 is 1. The van der Waals surface area contributed by atoms with Gasteiger partial charge in [0.1, 0.15) is 5.75 Å². The molecule has 0 atom stereocenters. The molecule has 6 heteroatoms. The number of hydrazone groups is 1. The van der Waals surface area contributed by atoms with Crippen LogP contribution in [0.3, 0.4) is 0 Å². The van der Waals surface area contributed by atoms with Crippen LogP contribution in [-0.4, -0.2) is 24.2 Å². The predicted molar refractivity (Wildman–Crippen MR) is 72.3 cm³/mol. The number of hydrogen-bond acceptors (Lipinski definition) is 4. The molecule has 0 saturated heterocycles. The molecule has 0 radical (unpaired) electrons. The van der Waals surface area contributed by atoms with Gasteiger partial charge in [-0.15, -0.1) is 0 Å². The van der Waals surface area contributed by atoms with E-state index in [4.69, 9.17) is 4.74 Å². The van der Waals surface area contributed by atoms with Crippen molar-refractivity contribution >= 4 is 12.1 Å². The second kappa shape index (κ2) is 8.17. The third-order valence-corrected chi connectivity index (χ3v) is 2.42. The van der Waals surface area contributed by atoms with Gasteiger partial charge in [0.05, 0.1) is 13.3 Å². The third kappa shape index (κ3) is 4.55. The Bertz CT molecular complexity index is 588. The van der Waals surface area contributed by atoms with E-state index in [2.05, 4.69) is 15.5 Å². The number of benzene rings is 1. The quantitative estimate of drug-likeness (QED) is 0.531. The Balaban J connectivity index is 0.00000200. The number of amides is 1. The molecule has 1 amide bonds. The Labute approximate surface area is 129 Å². The molecule has 20 heavy (non-hydrogen) atoms. The molecule has 1 aromatic heterocycles. The van der Waals surface area contributed by atoms with Gasteiger partial charge >= 0.3 is 19.5 Å². The fraction of sp³-hybridized carbons (Fsp3) is 0.0714. The molecule has 96 valence electrons. The van der Waals surface area contributed by atoms with Gasteiger partial charge in [0, 0.05) is 18.0 Å². The van der Waals surface area contributed by atoms with Gasteiger partial charge in [-0.25, -0.2) is 5.43 Å². The SMILES string of the molecule is COc1cccc(C=NNC(=O)c2ccncc2)c1.[Zn+2]. The summed E-state index contributed by atoms with van der Waals surface area (Å²) in [7, 11) is 1.60. The minimum Gasteiger partial charge on any atom is -0.497 e. The number of carbonyl (C=O) groups is 1. The topological polar surface area (TPSA) is 63.6 Å². The van der Waals surface area contributed by atoms with Gasteiger partial charge in [0.15, 0.2) is 0 Å². The Kier molecular flexibility index (Phi) is 6.53. The van der Waals surface area contributed by atoms with E-state index in [1.165, 1.54) is 0 Å². The summed E-state index contributed by atoms with van der Waals surface area (Å²) in [6.07, 6.45) is 4.67. The standard InChI is InChI=1S/C14H13N3O2.Zn/c1-19-13-4-2-3-11(9-13)10-16-17-14(18)12-5-7-15-8-6-12;/h2-10H,1H3,(H,17,18);/q;+2. The molecule has 0 aliphatic rings. The van der Waals surface area contributed by atoms with Gasteiger partial charge in [-0.3, -0.25) is 9.78 Å². The van der Waals surface area contributed by atoms with Crippen LogP contribution >= 0.6 is 0 Å². The molecule has 0 fully saturated rings. The van der Waals surface area contributed by atoms with E-state index >= 15 is 0 Å². The molecule has 2 aromatic rings. The zero-order valence-electron chi connectivity index (χ0n) is 11.1. The Morgan fingerprint density at radius 1 is 1.30 bits per heavy atom. The van der Waals surface area contributed by atoms with E-state index in [0.29, 0.717) is 5.56 Å². The van der Waals surface area contributed by atoms with Crippen LogP contribution in [0, 0.1) is 0 Å². The van der Waals surface area contributed by atoms with Crippen molar-refractivity contribution in [2.45, 2.75) is 0 Å². The van der Waals surface area contributed by atoms with Crippen LogP contribution in [0.2, 0.25) is 0 Å². The molecule has 0 saturated carbocycles. The van der Waals surface area contributed by atoms with Crippen LogP contribution in [0.4, 0.5) is 0 Å². The fourth-order valence-corrected chi connectivity index (χ4v) is 1.46.